The van der Waals surface area contributed by atoms with E-state index in [4.69, 9.17) is 4.74 Å². The SMILES string of the molecule is CCOc1ccccc1C(=O)Nc1ccc(F)c(F)c1F. The predicted octanol–water partition coefficient (Wildman–Crippen LogP) is 3.75. The van der Waals surface area contributed by atoms with Crippen LogP contribution in [0.1, 0.15) is 17.3 Å². The van der Waals surface area contributed by atoms with Gasteiger partial charge in [-0.1, -0.05) is 12.1 Å². The molecule has 2 aromatic rings. The number of anilines is 1. The molecule has 0 saturated heterocycles. The highest BCUT2D eigenvalue weighted by molar-refractivity contribution is 6.06. The standard InChI is InChI=1S/C15H12F3NO2/c1-2-21-12-6-4-3-5-9(12)15(20)19-11-8-7-10(16)13(17)14(11)18/h3-8H,2H2,1H3,(H,19,20). The van der Waals surface area contributed by atoms with Crippen LogP contribution in [-0.4, -0.2) is 12.5 Å². The van der Waals surface area contributed by atoms with Crippen molar-refractivity contribution in [2.45, 2.75) is 6.92 Å². The van der Waals surface area contributed by atoms with E-state index in [0.29, 0.717) is 12.4 Å². The number of halogens is 3. The monoisotopic (exact) mass is 295 g/mol. The minimum atomic E-state index is -1.63. The molecule has 3 nitrogen and oxygen atoms in total. The summed E-state index contributed by atoms with van der Waals surface area (Å²) in [6.45, 7) is 2.10. The van der Waals surface area contributed by atoms with Gasteiger partial charge >= 0.3 is 0 Å². The van der Waals surface area contributed by atoms with E-state index in [1.54, 1.807) is 25.1 Å². The Morgan fingerprint density at radius 3 is 2.52 bits per heavy atom. The largest absolute Gasteiger partial charge is 0.493 e. The molecule has 0 heterocycles. The molecule has 0 aliphatic carbocycles. The summed E-state index contributed by atoms with van der Waals surface area (Å²) in [4.78, 5) is 12.1. The van der Waals surface area contributed by atoms with Crippen LogP contribution in [0.2, 0.25) is 0 Å². The molecule has 110 valence electrons. The number of benzene rings is 2. The first-order valence-electron chi connectivity index (χ1n) is 6.21. The zero-order chi connectivity index (χ0) is 15.4. The Morgan fingerprint density at radius 2 is 1.81 bits per heavy atom. The number of carbonyl (C=O) groups excluding carboxylic acids is 1. The molecular weight excluding hydrogens is 283 g/mol. The second-order valence-electron chi connectivity index (χ2n) is 4.11. The highest BCUT2D eigenvalue weighted by atomic mass is 19.2. The second-order valence-corrected chi connectivity index (χ2v) is 4.11. The Hall–Kier alpha value is -2.50. The summed E-state index contributed by atoms with van der Waals surface area (Å²) in [7, 11) is 0. The van der Waals surface area contributed by atoms with E-state index >= 15 is 0 Å². The summed E-state index contributed by atoms with van der Waals surface area (Å²) in [5.41, 5.74) is -0.270. The quantitative estimate of drug-likeness (QED) is 0.872. The van der Waals surface area contributed by atoms with Crippen LogP contribution in [0.15, 0.2) is 36.4 Å². The van der Waals surface area contributed by atoms with Gasteiger partial charge in [-0.05, 0) is 31.2 Å². The molecule has 0 aromatic heterocycles. The van der Waals surface area contributed by atoms with Gasteiger partial charge in [-0.25, -0.2) is 13.2 Å². The van der Waals surface area contributed by atoms with E-state index in [2.05, 4.69) is 5.32 Å². The minimum absolute atomic E-state index is 0.170. The number of hydrogen-bond acceptors (Lipinski definition) is 2. The van der Waals surface area contributed by atoms with Gasteiger partial charge in [0.1, 0.15) is 5.75 Å². The Labute approximate surface area is 119 Å². The van der Waals surface area contributed by atoms with Crippen LogP contribution >= 0.6 is 0 Å². The lowest BCUT2D eigenvalue weighted by Gasteiger charge is -2.11. The van der Waals surface area contributed by atoms with Gasteiger partial charge < -0.3 is 10.1 Å². The lowest BCUT2D eigenvalue weighted by molar-refractivity contribution is 0.102. The average molecular weight is 295 g/mol. The summed E-state index contributed by atoms with van der Waals surface area (Å²) < 4.78 is 44.8. The average Bonchev–Trinajstić information content (AvgIpc) is 2.49. The van der Waals surface area contributed by atoms with Crippen molar-refractivity contribution in [1.82, 2.24) is 0 Å². The van der Waals surface area contributed by atoms with Crippen molar-refractivity contribution in [2.75, 3.05) is 11.9 Å². The molecule has 0 bridgehead atoms. The maximum absolute atomic E-state index is 13.5. The lowest BCUT2D eigenvalue weighted by atomic mass is 10.1. The molecule has 21 heavy (non-hydrogen) atoms. The summed E-state index contributed by atoms with van der Waals surface area (Å²) in [6.07, 6.45) is 0. The van der Waals surface area contributed by atoms with E-state index in [0.717, 1.165) is 12.1 Å². The van der Waals surface area contributed by atoms with Crippen molar-refractivity contribution in [3.05, 3.63) is 59.4 Å². The number of carbonyl (C=O) groups is 1. The molecule has 0 saturated carbocycles. The smallest absolute Gasteiger partial charge is 0.259 e. The normalized spacial score (nSPS) is 10.3. The van der Waals surface area contributed by atoms with E-state index < -0.39 is 29.0 Å². The van der Waals surface area contributed by atoms with E-state index in [-0.39, 0.29) is 5.56 Å². The van der Waals surface area contributed by atoms with Gasteiger partial charge in [0, 0.05) is 0 Å². The number of rotatable bonds is 4. The molecule has 2 rings (SSSR count). The van der Waals surface area contributed by atoms with Crippen LogP contribution in [-0.2, 0) is 0 Å². The maximum atomic E-state index is 13.5. The highest BCUT2D eigenvalue weighted by Gasteiger charge is 2.17. The zero-order valence-electron chi connectivity index (χ0n) is 11.1. The van der Waals surface area contributed by atoms with Gasteiger partial charge in [0.05, 0.1) is 17.9 Å². The van der Waals surface area contributed by atoms with Gasteiger partial charge in [0.2, 0.25) is 0 Å². The van der Waals surface area contributed by atoms with Crippen molar-refractivity contribution >= 4 is 11.6 Å². The van der Waals surface area contributed by atoms with Crippen LogP contribution in [0.3, 0.4) is 0 Å². The fraction of sp³-hybridized carbons (Fsp3) is 0.133. The highest BCUT2D eigenvalue weighted by Crippen LogP contribution is 2.23. The fourth-order valence-corrected chi connectivity index (χ4v) is 1.75. The molecule has 6 heteroatoms. The second kappa shape index (κ2) is 6.30. The van der Waals surface area contributed by atoms with E-state index in [1.165, 1.54) is 6.07 Å². The van der Waals surface area contributed by atoms with Crippen molar-refractivity contribution in [2.24, 2.45) is 0 Å². The van der Waals surface area contributed by atoms with Crippen molar-refractivity contribution < 1.29 is 22.7 Å². The molecule has 0 atom stereocenters. The van der Waals surface area contributed by atoms with E-state index in [1.807, 2.05) is 0 Å². The molecule has 0 fully saturated rings. The Morgan fingerprint density at radius 1 is 1.10 bits per heavy atom. The van der Waals surface area contributed by atoms with Crippen molar-refractivity contribution in [1.29, 1.82) is 0 Å². The van der Waals surface area contributed by atoms with E-state index in [9.17, 15) is 18.0 Å². The first-order valence-corrected chi connectivity index (χ1v) is 6.21. The molecule has 0 spiro atoms. The third kappa shape index (κ3) is 3.16. The van der Waals surface area contributed by atoms with Gasteiger partial charge in [-0.2, -0.15) is 0 Å². The van der Waals surface area contributed by atoms with Crippen LogP contribution in [0, 0.1) is 17.5 Å². The number of hydrogen-bond donors (Lipinski definition) is 1. The topological polar surface area (TPSA) is 38.3 Å². The first kappa shape index (κ1) is 14.9. The Balaban J connectivity index is 2.29. The third-order valence-electron chi connectivity index (χ3n) is 2.71. The molecule has 0 radical (unpaired) electrons. The van der Waals surface area contributed by atoms with Crippen molar-refractivity contribution in [3.8, 4) is 5.75 Å². The molecule has 0 aliphatic heterocycles. The Kier molecular flexibility index (Phi) is 4.47. The summed E-state index contributed by atoms with van der Waals surface area (Å²) in [5.74, 6) is -4.76. The number of para-hydroxylation sites is 1. The fourth-order valence-electron chi connectivity index (χ4n) is 1.75. The number of nitrogens with one attached hydrogen (secondary N) is 1. The predicted molar refractivity (Wildman–Crippen MR) is 71.9 cm³/mol. The first-order chi connectivity index (χ1) is 10.0. The van der Waals surface area contributed by atoms with Crippen LogP contribution < -0.4 is 10.1 Å². The zero-order valence-corrected chi connectivity index (χ0v) is 11.1. The summed E-state index contributed by atoms with van der Waals surface area (Å²) in [5, 5.41) is 2.19. The Bertz CT molecular complexity index is 674. The number of amides is 1. The van der Waals surface area contributed by atoms with Crippen LogP contribution in [0.25, 0.3) is 0 Å². The molecule has 1 N–H and O–H groups in total. The van der Waals surface area contributed by atoms with Gasteiger partial charge in [-0.3, -0.25) is 4.79 Å². The molecule has 0 unspecified atom stereocenters. The van der Waals surface area contributed by atoms with Gasteiger partial charge in [0.15, 0.2) is 17.5 Å². The number of ether oxygens (including phenoxy) is 1. The van der Waals surface area contributed by atoms with Crippen LogP contribution in [0.4, 0.5) is 18.9 Å². The lowest BCUT2D eigenvalue weighted by Crippen LogP contribution is -2.15. The molecule has 0 aliphatic rings. The van der Waals surface area contributed by atoms with Gasteiger partial charge in [0.25, 0.3) is 5.91 Å². The molecule has 1 amide bonds. The summed E-state index contributed by atoms with van der Waals surface area (Å²) in [6, 6.07) is 8.05. The van der Waals surface area contributed by atoms with Gasteiger partial charge in [-0.15, -0.1) is 0 Å². The maximum Gasteiger partial charge on any atom is 0.259 e. The molecule has 2 aromatic carbocycles. The van der Waals surface area contributed by atoms with Crippen molar-refractivity contribution in [3.63, 3.8) is 0 Å². The summed E-state index contributed by atoms with van der Waals surface area (Å²) >= 11 is 0. The van der Waals surface area contributed by atoms with Crippen LogP contribution in [0.5, 0.6) is 5.75 Å². The minimum Gasteiger partial charge on any atom is -0.493 e. The third-order valence-corrected chi connectivity index (χ3v) is 2.71. The molecular formula is C15H12F3NO2.